The Morgan fingerprint density at radius 1 is 1.17 bits per heavy atom. The van der Waals surface area contributed by atoms with Crippen LogP contribution in [-0.2, 0) is 4.74 Å². The van der Waals surface area contributed by atoms with Crippen LogP contribution in [0.1, 0.15) is 30.2 Å². The minimum atomic E-state index is -0.679. The van der Waals surface area contributed by atoms with Crippen molar-refractivity contribution in [1.29, 1.82) is 0 Å². The summed E-state index contributed by atoms with van der Waals surface area (Å²) < 4.78 is 26.8. The Bertz CT molecular complexity index is 1340. The monoisotopic (exact) mass is 476 g/mol. The zero-order valence-electron chi connectivity index (χ0n) is 19.8. The smallest absolute Gasteiger partial charge is 0.161 e. The van der Waals surface area contributed by atoms with Gasteiger partial charge in [0.05, 0.1) is 30.4 Å². The van der Waals surface area contributed by atoms with Crippen LogP contribution in [0.5, 0.6) is 11.5 Å². The number of aliphatic hydroxyl groups is 1. The third-order valence-corrected chi connectivity index (χ3v) is 6.07. The van der Waals surface area contributed by atoms with Crippen LogP contribution in [0.2, 0.25) is 0 Å². The normalized spacial score (nSPS) is 14.3. The van der Waals surface area contributed by atoms with Crippen molar-refractivity contribution in [2.45, 2.75) is 32.0 Å². The van der Waals surface area contributed by atoms with Crippen molar-refractivity contribution in [3.63, 3.8) is 0 Å². The molecule has 1 atom stereocenters. The Morgan fingerprint density at radius 3 is 2.77 bits per heavy atom. The molecule has 1 aliphatic carbocycles. The number of rotatable bonds is 10. The molecule has 1 unspecified atom stereocenters. The highest BCUT2D eigenvalue weighted by atomic mass is 19.1. The van der Waals surface area contributed by atoms with E-state index >= 15 is 0 Å². The minimum Gasteiger partial charge on any atom is -0.456 e. The van der Waals surface area contributed by atoms with Gasteiger partial charge in [0.25, 0.3) is 0 Å². The molecular weight excluding hydrogens is 447 g/mol. The number of nitrogens with zero attached hydrogens (tertiary/aromatic N) is 2. The average molecular weight is 477 g/mol. The Balaban J connectivity index is 1.51. The van der Waals surface area contributed by atoms with E-state index in [9.17, 15) is 9.50 Å². The summed E-state index contributed by atoms with van der Waals surface area (Å²) in [7, 11) is 1.65. The SMILES string of the molecule is COCCNc1cc(Oc2cccc(F)c2)cn2c(-c3ccc(C(O)NC4CC4)c(C)c3)cnc12. The molecule has 5 rings (SSSR count). The van der Waals surface area contributed by atoms with E-state index in [1.807, 2.05) is 41.9 Å². The van der Waals surface area contributed by atoms with E-state index in [0.717, 1.165) is 46.6 Å². The largest absolute Gasteiger partial charge is 0.456 e. The number of nitrogens with one attached hydrogen (secondary N) is 2. The van der Waals surface area contributed by atoms with Gasteiger partial charge in [0.15, 0.2) is 5.65 Å². The first kappa shape index (κ1) is 23.3. The van der Waals surface area contributed by atoms with Gasteiger partial charge in [-0.05, 0) is 49.1 Å². The van der Waals surface area contributed by atoms with E-state index in [-0.39, 0.29) is 5.82 Å². The number of imidazole rings is 1. The van der Waals surface area contributed by atoms with E-state index in [0.29, 0.717) is 30.7 Å². The third-order valence-electron chi connectivity index (χ3n) is 6.07. The molecule has 3 N–H and O–H groups in total. The number of ether oxygens (including phenoxy) is 2. The molecule has 0 saturated heterocycles. The summed E-state index contributed by atoms with van der Waals surface area (Å²) in [4.78, 5) is 4.65. The fraction of sp³-hybridized carbons (Fsp3) is 0.296. The molecule has 1 aliphatic rings. The fourth-order valence-electron chi connectivity index (χ4n) is 4.12. The minimum absolute atomic E-state index is 0.362. The fourth-order valence-corrected chi connectivity index (χ4v) is 4.12. The maximum absolute atomic E-state index is 13.7. The second-order valence-corrected chi connectivity index (χ2v) is 8.82. The number of hydrogen-bond acceptors (Lipinski definition) is 6. The lowest BCUT2D eigenvalue weighted by molar-refractivity contribution is 0.136. The molecule has 0 aliphatic heterocycles. The highest BCUT2D eigenvalue weighted by Crippen LogP contribution is 2.33. The molecule has 0 bridgehead atoms. The molecule has 35 heavy (non-hydrogen) atoms. The molecule has 7 nitrogen and oxygen atoms in total. The Hall–Kier alpha value is -3.46. The third kappa shape index (κ3) is 5.30. The summed E-state index contributed by atoms with van der Waals surface area (Å²) in [6.07, 6.45) is 5.20. The summed E-state index contributed by atoms with van der Waals surface area (Å²) in [5.41, 5.74) is 5.21. The quantitative estimate of drug-likeness (QED) is 0.220. The van der Waals surface area contributed by atoms with Crippen molar-refractivity contribution in [3.05, 3.63) is 77.9 Å². The summed E-state index contributed by atoms with van der Waals surface area (Å²) in [6.45, 7) is 3.13. The number of aryl methyl sites for hydroxylation is 1. The van der Waals surface area contributed by atoms with Gasteiger partial charge >= 0.3 is 0 Å². The second-order valence-electron chi connectivity index (χ2n) is 8.82. The van der Waals surface area contributed by atoms with E-state index in [1.165, 1.54) is 12.1 Å². The van der Waals surface area contributed by atoms with Gasteiger partial charge in [-0.15, -0.1) is 0 Å². The lowest BCUT2D eigenvalue weighted by atomic mass is 10.0. The Morgan fingerprint density at radius 2 is 2.03 bits per heavy atom. The van der Waals surface area contributed by atoms with Crippen LogP contribution in [-0.4, -0.2) is 40.8 Å². The molecular formula is C27H29FN4O3. The molecule has 2 aromatic heterocycles. The van der Waals surface area contributed by atoms with Crippen molar-refractivity contribution < 1.29 is 19.0 Å². The molecule has 1 saturated carbocycles. The van der Waals surface area contributed by atoms with Gasteiger partial charge in [-0.2, -0.15) is 0 Å². The van der Waals surface area contributed by atoms with Gasteiger partial charge < -0.3 is 19.9 Å². The standard InChI is InChI=1S/C27H29FN4O3/c1-17-12-18(6-9-23(17)27(33)31-20-7-8-20)25-15-30-26-24(29-10-11-34-2)14-22(16-32(25)26)35-21-5-3-4-19(28)13-21/h3-6,9,12-16,20,27,29,31,33H,7-8,10-11H2,1-2H3. The number of aliphatic hydroxyl groups excluding tert-OH is 1. The Labute approximate surface area is 203 Å². The van der Waals surface area contributed by atoms with Crippen LogP contribution in [0.15, 0.2) is 60.9 Å². The first-order chi connectivity index (χ1) is 17.0. The van der Waals surface area contributed by atoms with Crippen LogP contribution in [0.25, 0.3) is 16.9 Å². The number of benzene rings is 2. The van der Waals surface area contributed by atoms with Gasteiger partial charge in [-0.25, -0.2) is 9.37 Å². The maximum Gasteiger partial charge on any atom is 0.161 e. The topological polar surface area (TPSA) is 80.0 Å². The molecule has 8 heteroatoms. The predicted octanol–water partition coefficient (Wildman–Crippen LogP) is 5.04. The zero-order chi connectivity index (χ0) is 24.4. The summed E-state index contributed by atoms with van der Waals surface area (Å²) in [5, 5.41) is 17.1. The van der Waals surface area contributed by atoms with Crippen molar-refractivity contribution in [2.24, 2.45) is 0 Å². The molecule has 2 aromatic carbocycles. The number of methoxy groups -OCH3 is 1. The molecule has 0 radical (unpaired) electrons. The lowest BCUT2D eigenvalue weighted by Gasteiger charge is -2.16. The van der Waals surface area contributed by atoms with E-state index < -0.39 is 6.23 Å². The van der Waals surface area contributed by atoms with Crippen molar-refractivity contribution in [2.75, 3.05) is 25.6 Å². The van der Waals surface area contributed by atoms with Crippen LogP contribution < -0.4 is 15.4 Å². The second kappa shape index (κ2) is 10.0. The zero-order valence-corrected chi connectivity index (χ0v) is 19.8. The summed E-state index contributed by atoms with van der Waals surface area (Å²) >= 11 is 0. The number of hydrogen-bond donors (Lipinski definition) is 3. The summed E-state index contributed by atoms with van der Waals surface area (Å²) in [5.74, 6) is 0.588. The molecule has 0 spiro atoms. The molecule has 0 amide bonds. The molecule has 4 aromatic rings. The van der Waals surface area contributed by atoms with Crippen molar-refractivity contribution in [3.8, 4) is 22.8 Å². The van der Waals surface area contributed by atoms with Crippen molar-refractivity contribution in [1.82, 2.24) is 14.7 Å². The van der Waals surface area contributed by atoms with Gasteiger partial charge in [0.2, 0.25) is 0 Å². The first-order valence-corrected chi connectivity index (χ1v) is 11.7. The average Bonchev–Trinajstić information content (AvgIpc) is 3.54. The number of halogens is 1. The molecule has 2 heterocycles. The number of fused-ring (bicyclic) bond motifs is 1. The van der Waals surface area contributed by atoms with Gasteiger partial charge in [0.1, 0.15) is 23.5 Å². The predicted molar refractivity (Wildman–Crippen MR) is 133 cm³/mol. The van der Waals surface area contributed by atoms with Crippen LogP contribution in [0.4, 0.5) is 10.1 Å². The Kier molecular flexibility index (Phi) is 6.68. The summed E-state index contributed by atoms with van der Waals surface area (Å²) in [6, 6.07) is 14.3. The lowest BCUT2D eigenvalue weighted by Crippen LogP contribution is -2.23. The van der Waals surface area contributed by atoms with Gasteiger partial charge in [-0.1, -0.05) is 18.2 Å². The number of aromatic nitrogens is 2. The van der Waals surface area contributed by atoms with Crippen LogP contribution >= 0.6 is 0 Å². The maximum atomic E-state index is 13.7. The van der Waals surface area contributed by atoms with Crippen LogP contribution in [0, 0.1) is 12.7 Å². The van der Waals surface area contributed by atoms with E-state index in [4.69, 9.17) is 9.47 Å². The van der Waals surface area contributed by atoms with Gasteiger partial charge in [-0.3, -0.25) is 9.72 Å². The van der Waals surface area contributed by atoms with Gasteiger partial charge in [0, 0.05) is 37.4 Å². The highest BCUT2D eigenvalue weighted by molar-refractivity contribution is 5.75. The highest BCUT2D eigenvalue weighted by Gasteiger charge is 2.25. The molecule has 182 valence electrons. The number of anilines is 1. The number of pyridine rings is 1. The van der Waals surface area contributed by atoms with Crippen molar-refractivity contribution >= 4 is 11.3 Å². The first-order valence-electron chi connectivity index (χ1n) is 11.7. The molecule has 1 fully saturated rings. The van der Waals surface area contributed by atoms with E-state index in [1.54, 1.807) is 19.2 Å². The van der Waals surface area contributed by atoms with E-state index in [2.05, 4.69) is 21.7 Å². The van der Waals surface area contributed by atoms with Crippen LogP contribution in [0.3, 0.4) is 0 Å².